The molecule has 2 atom stereocenters. The van der Waals surface area contributed by atoms with Crippen molar-refractivity contribution in [2.24, 2.45) is 15.5 Å². The van der Waals surface area contributed by atoms with Crippen molar-refractivity contribution < 1.29 is 37.4 Å². The molecule has 0 bridgehead atoms. The summed E-state index contributed by atoms with van der Waals surface area (Å²) in [6.07, 6.45) is 1.73. The lowest BCUT2D eigenvalue weighted by Crippen LogP contribution is -2.42. The van der Waals surface area contributed by atoms with Gasteiger partial charge < -0.3 is 15.2 Å². The van der Waals surface area contributed by atoms with E-state index in [2.05, 4.69) is 20.8 Å². The fraction of sp³-hybridized carbons (Fsp3) is 0.448. The number of halogens is 3. The Kier molecular flexibility index (Phi) is 9.88. The van der Waals surface area contributed by atoms with E-state index in [1.807, 2.05) is 0 Å². The van der Waals surface area contributed by atoms with Gasteiger partial charge in [-0.15, -0.1) is 11.3 Å². The number of hydrazone groups is 1. The van der Waals surface area contributed by atoms with Crippen molar-refractivity contribution in [2.75, 3.05) is 19.7 Å². The number of rotatable bonds is 11. The highest BCUT2D eigenvalue weighted by atomic mass is 32.1. The summed E-state index contributed by atoms with van der Waals surface area (Å²) in [6.45, 7) is 5.10. The van der Waals surface area contributed by atoms with E-state index in [-0.39, 0.29) is 42.2 Å². The number of thiazole rings is 1. The number of aliphatic carboxylic acids is 1. The molecule has 2 aliphatic rings. The van der Waals surface area contributed by atoms with Gasteiger partial charge in [-0.05, 0) is 44.9 Å². The van der Waals surface area contributed by atoms with Crippen LogP contribution in [0, 0.1) is 18.2 Å². The fourth-order valence-electron chi connectivity index (χ4n) is 4.91. The third-order valence-corrected chi connectivity index (χ3v) is 8.03. The summed E-state index contributed by atoms with van der Waals surface area (Å²) in [7, 11) is 0. The molecule has 3 heterocycles. The second-order valence-corrected chi connectivity index (χ2v) is 12.0. The van der Waals surface area contributed by atoms with E-state index < -0.39 is 60.0 Å². The summed E-state index contributed by atoms with van der Waals surface area (Å²) in [5.41, 5.74) is 1.80. The summed E-state index contributed by atoms with van der Waals surface area (Å²) in [5, 5.41) is 18.4. The maximum atomic E-state index is 14.8. The minimum absolute atomic E-state index is 0.0307. The molecule has 1 saturated heterocycles. The van der Waals surface area contributed by atoms with Crippen LogP contribution in [0.1, 0.15) is 55.8 Å². The van der Waals surface area contributed by atoms with Crippen LogP contribution >= 0.6 is 11.3 Å². The van der Waals surface area contributed by atoms with Crippen LogP contribution < -0.4 is 10.7 Å². The Hall–Kier alpha value is -4.11. The number of amidine groups is 1. The number of nitrogens with zero attached hydrogens (tertiary/aromatic N) is 4. The second kappa shape index (κ2) is 13.3. The molecule has 0 spiro atoms. The van der Waals surface area contributed by atoms with Crippen molar-refractivity contribution in [3.05, 3.63) is 63.0 Å². The Morgan fingerprint density at radius 2 is 2.09 bits per heavy atom. The number of benzene rings is 1. The van der Waals surface area contributed by atoms with E-state index in [4.69, 9.17) is 9.73 Å². The third-order valence-electron chi connectivity index (χ3n) is 7.25. The highest BCUT2D eigenvalue weighted by Gasteiger charge is 2.46. The fourth-order valence-corrected chi connectivity index (χ4v) is 5.50. The van der Waals surface area contributed by atoms with Crippen LogP contribution in [-0.4, -0.2) is 76.5 Å². The quantitative estimate of drug-likeness (QED) is 0.192. The van der Waals surface area contributed by atoms with Crippen molar-refractivity contribution >= 4 is 41.2 Å². The zero-order valence-corrected chi connectivity index (χ0v) is 25.4. The van der Waals surface area contributed by atoms with E-state index in [1.54, 1.807) is 31.5 Å². The first-order valence-electron chi connectivity index (χ1n) is 13.8. The summed E-state index contributed by atoms with van der Waals surface area (Å²) < 4.78 is 49.5. The van der Waals surface area contributed by atoms with Crippen molar-refractivity contribution in [1.29, 1.82) is 0 Å². The smallest absolute Gasteiger partial charge is 0.338 e. The molecule has 15 heteroatoms. The normalized spacial score (nSPS) is 20.4. The number of carbonyl (C=O) groups is 3. The van der Waals surface area contributed by atoms with Gasteiger partial charge in [0.15, 0.2) is 10.8 Å². The van der Waals surface area contributed by atoms with E-state index in [0.29, 0.717) is 10.6 Å². The lowest BCUT2D eigenvalue weighted by molar-refractivity contribution is -0.149. The van der Waals surface area contributed by atoms with E-state index in [1.165, 1.54) is 42.2 Å². The van der Waals surface area contributed by atoms with Gasteiger partial charge in [-0.25, -0.2) is 28.4 Å². The Balaban J connectivity index is 1.69. The lowest BCUT2D eigenvalue weighted by atomic mass is 9.89. The number of aliphatic imine (C=N–C) groups is 1. The number of alkyl halides is 2. The van der Waals surface area contributed by atoms with Gasteiger partial charge in [-0.3, -0.25) is 19.5 Å². The standard InChI is InChI=1S/C29H33F3N6O5S/c1-5-43-26(40)22-20(35-24(25-33-9-10-44-25)36-23(22)18-7-6-8-19(30)16(18)2)14-38-15-29(31,32)11-17(38)13-34-37-21(39)12-28(3,4)27(41)42/h6-10,13,17,23H,5,11-12,14-15H2,1-4H3,(H,35,36)(H,37,39)(H,41,42)/b34-13-/t17-,23+/m1/s1. The number of likely N-dealkylation sites (tertiary alicyclic amines) is 1. The Morgan fingerprint density at radius 3 is 2.75 bits per heavy atom. The van der Waals surface area contributed by atoms with Crippen LogP contribution in [0.3, 0.4) is 0 Å². The topological polar surface area (TPSA) is 146 Å². The number of aromatic nitrogens is 1. The first-order chi connectivity index (χ1) is 20.7. The van der Waals surface area contributed by atoms with Gasteiger partial charge in [0.1, 0.15) is 11.9 Å². The number of hydrogen-bond acceptors (Lipinski definition) is 10. The molecule has 11 nitrogen and oxygen atoms in total. The minimum Gasteiger partial charge on any atom is -0.481 e. The van der Waals surface area contributed by atoms with E-state index >= 15 is 0 Å². The number of hydrogen-bond donors (Lipinski definition) is 3. The molecule has 2 aromatic rings. The van der Waals surface area contributed by atoms with Crippen molar-refractivity contribution in [3.63, 3.8) is 0 Å². The first kappa shape index (κ1) is 32.8. The number of carbonyl (C=O) groups excluding carboxylic acids is 2. The zero-order chi connectivity index (χ0) is 32.2. The molecule has 1 aromatic heterocycles. The monoisotopic (exact) mass is 634 g/mol. The maximum absolute atomic E-state index is 14.8. The predicted octanol–water partition coefficient (Wildman–Crippen LogP) is 3.81. The summed E-state index contributed by atoms with van der Waals surface area (Å²) in [5.74, 6) is -5.94. The number of ether oxygens (including phenoxy) is 1. The van der Waals surface area contributed by atoms with E-state index in [0.717, 1.165) is 6.21 Å². The summed E-state index contributed by atoms with van der Waals surface area (Å²) >= 11 is 1.27. The summed E-state index contributed by atoms with van der Waals surface area (Å²) in [6, 6.07) is 2.44. The number of carboxylic acid groups (broad SMARTS) is 1. The Labute approximate surface area is 255 Å². The van der Waals surface area contributed by atoms with Gasteiger partial charge in [0.05, 0.1) is 30.2 Å². The number of nitrogens with one attached hydrogen (secondary N) is 2. The molecule has 44 heavy (non-hydrogen) atoms. The van der Waals surface area contributed by atoms with Gasteiger partial charge in [-0.1, -0.05) is 12.1 Å². The highest BCUT2D eigenvalue weighted by molar-refractivity contribution is 7.11. The van der Waals surface area contributed by atoms with Crippen LogP contribution in [0.15, 0.2) is 51.1 Å². The maximum Gasteiger partial charge on any atom is 0.338 e. The van der Waals surface area contributed by atoms with Crippen LogP contribution in [0.2, 0.25) is 0 Å². The Morgan fingerprint density at radius 1 is 1.34 bits per heavy atom. The van der Waals surface area contributed by atoms with Crippen molar-refractivity contribution in [2.45, 2.75) is 58.5 Å². The van der Waals surface area contributed by atoms with Crippen LogP contribution in [-0.2, 0) is 19.1 Å². The molecule has 1 fully saturated rings. The largest absolute Gasteiger partial charge is 0.481 e. The average molecular weight is 635 g/mol. The molecule has 1 amide bonds. The molecular weight excluding hydrogens is 601 g/mol. The van der Waals surface area contributed by atoms with Gasteiger partial charge in [-0.2, -0.15) is 5.10 Å². The molecule has 0 radical (unpaired) electrons. The van der Waals surface area contributed by atoms with E-state index in [9.17, 15) is 32.7 Å². The molecule has 236 valence electrons. The third kappa shape index (κ3) is 7.50. The number of esters is 1. The van der Waals surface area contributed by atoms with Gasteiger partial charge in [0.2, 0.25) is 5.91 Å². The average Bonchev–Trinajstić information content (AvgIpc) is 3.57. The molecule has 4 rings (SSSR count). The molecule has 0 aliphatic carbocycles. The predicted molar refractivity (Wildman–Crippen MR) is 157 cm³/mol. The molecule has 0 unspecified atom stereocenters. The first-order valence-corrected chi connectivity index (χ1v) is 14.7. The van der Waals surface area contributed by atoms with Crippen LogP contribution in [0.5, 0.6) is 0 Å². The second-order valence-electron chi connectivity index (χ2n) is 11.1. The van der Waals surface area contributed by atoms with Crippen LogP contribution in [0.25, 0.3) is 0 Å². The van der Waals surface area contributed by atoms with Crippen molar-refractivity contribution in [3.8, 4) is 0 Å². The molecule has 2 aliphatic heterocycles. The molecule has 0 saturated carbocycles. The SMILES string of the molecule is CCOC(=O)C1=C(CN2CC(F)(F)C[C@@H]2/C=N\NC(=O)CC(C)(C)C(=O)O)NC(c2nccs2)=N[C@H]1c1cccc(F)c1C. The lowest BCUT2D eigenvalue weighted by Gasteiger charge is -2.31. The van der Waals surface area contributed by atoms with Gasteiger partial charge in [0.25, 0.3) is 5.92 Å². The summed E-state index contributed by atoms with van der Waals surface area (Å²) in [4.78, 5) is 47.4. The highest BCUT2D eigenvalue weighted by Crippen LogP contribution is 2.37. The van der Waals surface area contributed by atoms with Gasteiger partial charge in [0, 0.05) is 42.9 Å². The number of amides is 1. The van der Waals surface area contributed by atoms with Crippen LogP contribution in [0.4, 0.5) is 13.2 Å². The molecular formula is C29H33F3N6O5S. The van der Waals surface area contributed by atoms with Gasteiger partial charge >= 0.3 is 11.9 Å². The van der Waals surface area contributed by atoms with Crippen molar-refractivity contribution in [1.82, 2.24) is 20.6 Å². The Bertz CT molecular complexity index is 1510. The molecule has 1 aromatic carbocycles. The number of carboxylic acids is 1. The minimum atomic E-state index is -3.11. The zero-order valence-electron chi connectivity index (χ0n) is 24.6. The molecule has 3 N–H and O–H groups in total.